The van der Waals surface area contributed by atoms with Gasteiger partial charge < -0.3 is 5.32 Å². The summed E-state index contributed by atoms with van der Waals surface area (Å²) in [5.41, 5.74) is 1.20. The van der Waals surface area contributed by atoms with Gasteiger partial charge in [0.1, 0.15) is 0 Å². The lowest BCUT2D eigenvalue weighted by atomic mass is 10.2. The van der Waals surface area contributed by atoms with Crippen LogP contribution in [0.25, 0.3) is 0 Å². The van der Waals surface area contributed by atoms with Gasteiger partial charge in [-0.05, 0) is 36.9 Å². The zero-order chi connectivity index (χ0) is 13.0. The number of hydrogen-bond acceptors (Lipinski definition) is 3. The molecule has 0 aliphatic rings. The lowest BCUT2D eigenvalue weighted by molar-refractivity contribution is 0.902. The first-order valence-electron chi connectivity index (χ1n) is 5.94. The Balaban J connectivity index is 2.13. The molecular weight excluding hydrogens is 282 g/mol. The lowest BCUT2D eigenvalue weighted by Gasteiger charge is -2.16. The summed E-state index contributed by atoms with van der Waals surface area (Å²) < 4.78 is 0.842. The van der Waals surface area contributed by atoms with E-state index in [2.05, 4.69) is 49.5 Å². The monoisotopic (exact) mass is 297 g/mol. The van der Waals surface area contributed by atoms with Crippen LogP contribution in [0.2, 0.25) is 4.34 Å². The van der Waals surface area contributed by atoms with Gasteiger partial charge >= 0.3 is 0 Å². The summed E-state index contributed by atoms with van der Waals surface area (Å²) >= 11 is 9.46. The molecule has 0 radical (unpaired) electrons. The molecule has 2 rings (SSSR count). The topological polar surface area (TPSA) is 12.0 Å². The van der Waals surface area contributed by atoms with Crippen molar-refractivity contribution < 1.29 is 0 Å². The molecule has 96 valence electrons. The van der Waals surface area contributed by atoms with E-state index in [1.54, 1.807) is 11.3 Å². The van der Waals surface area contributed by atoms with E-state index in [4.69, 9.17) is 11.6 Å². The van der Waals surface area contributed by atoms with Crippen LogP contribution < -0.4 is 5.32 Å². The molecule has 1 unspecified atom stereocenters. The van der Waals surface area contributed by atoms with Crippen LogP contribution in [0.4, 0.5) is 5.69 Å². The van der Waals surface area contributed by atoms with E-state index in [1.807, 2.05) is 17.8 Å². The van der Waals surface area contributed by atoms with E-state index in [-0.39, 0.29) is 6.04 Å². The molecule has 0 saturated heterocycles. The number of rotatable bonds is 5. The maximum Gasteiger partial charge on any atom is 0.0932 e. The molecule has 1 aromatic carbocycles. The molecule has 2 aromatic rings. The summed E-state index contributed by atoms with van der Waals surface area (Å²) in [7, 11) is 0. The van der Waals surface area contributed by atoms with Crippen molar-refractivity contribution in [1.29, 1.82) is 0 Å². The molecule has 1 heterocycles. The summed E-state index contributed by atoms with van der Waals surface area (Å²) in [6, 6.07) is 12.7. The molecule has 0 aliphatic heterocycles. The Hall–Kier alpha value is -0.640. The molecule has 0 fully saturated rings. The Morgan fingerprint density at radius 3 is 2.72 bits per heavy atom. The first kappa shape index (κ1) is 13.8. The number of thioether (sulfide) groups is 1. The van der Waals surface area contributed by atoms with Crippen LogP contribution >= 0.6 is 34.7 Å². The Morgan fingerprint density at radius 2 is 2.06 bits per heavy atom. The minimum Gasteiger partial charge on any atom is -0.377 e. The summed E-state index contributed by atoms with van der Waals surface area (Å²) in [4.78, 5) is 2.56. The molecule has 0 amide bonds. The fraction of sp³-hybridized carbons (Fsp3) is 0.286. The third-order valence-electron chi connectivity index (χ3n) is 2.58. The molecule has 0 bridgehead atoms. The molecule has 1 N–H and O–H groups in total. The van der Waals surface area contributed by atoms with Crippen LogP contribution in [-0.4, -0.2) is 5.75 Å². The summed E-state index contributed by atoms with van der Waals surface area (Å²) in [6.07, 6.45) is 0. The van der Waals surface area contributed by atoms with Gasteiger partial charge in [0, 0.05) is 15.5 Å². The third-order valence-corrected chi connectivity index (χ3v) is 4.95. The highest BCUT2D eigenvalue weighted by Crippen LogP contribution is 2.32. The second kappa shape index (κ2) is 6.50. The van der Waals surface area contributed by atoms with Gasteiger partial charge in [0.15, 0.2) is 0 Å². The molecule has 18 heavy (non-hydrogen) atoms. The van der Waals surface area contributed by atoms with Crippen molar-refractivity contribution >= 4 is 40.4 Å². The van der Waals surface area contributed by atoms with Crippen LogP contribution in [0, 0.1) is 0 Å². The predicted octanol–water partition coefficient (Wildman–Crippen LogP) is 5.69. The van der Waals surface area contributed by atoms with E-state index >= 15 is 0 Å². The Labute approximate surface area is 122 Å². The maximum absolute atomic E-state index is 5.98. The van der Waals surface area contributed by atoms with Gasteiger partial charge in [0.2, 0.25) is 0 Å². The van der Waals surface area contributed by atoms with E-state index in [0.29, 0.717) is 0 Å². The number of benzene rings is 1. The summed E-state index contributed by atoms with van der Waals surface area (Å²) in [6.45, 7) is 4.33. The average Bonchev–Trinajstić information content (AvgIpc) is 2.79. The summed E-state index contributed by atoms with van der Waals surface area (Å²) in [5.74, 6) is 1.08. The molecule has 0 aliphatic carbocycles. The Kier molecular flexibility index (Phi) is 4.98. The van der Waals surface area contributed by atoms with Gasteiger partial charge in [0.25, 0.3) is 0 Å². The van der Waals surface area contributed by atoms with Gasteiger partial charge in [-0.2, -0.15) is 0 Å². The van der Waals surface area contributed by atoms with Gasteiger partial charge in [-0.1, -0.05) is 30.7 Å². The second-order valence-electron chi connectivity index (χ2n) is 3.94. The van der Waals surface area contributed by atoms with Gasteiger partial charge in [-0.25, -0.2) is 0 Å². The van der Waals surface area contributed by atoms with Gasteiger partial charge in [-0.3, -0.25) is 0 Å². The average molecular weight is 298 g/mol. The van der Waals surface area contributed by atoms with Crippen LogP contribution in [-0.2, 0) is 0 Å². The van der Waals surface area contributed by atoms with Crippen LogP contribution in [0.3, 0.4) is 0 Å². The van der Waals surface area contributed by atoms with Crippen molar-refractivity contribution in [1.82, 2.24) is 0 Å². The Bertz CT molecular complexity index is 510. The van der Waals surface area contributed by atoms with Crippen LogP contribution in [0.15, 0.2) is 41.3 Å². The van der Waals surface area contributed by atoms with E-state index in [0.717, 1.165) is 10.1 Å². The first-order chi connectivity index (χ1) is 8.70. The molecular formula is C14H16ClNS2. The number of hydrogen-bond donors (Lipinski definition) is 1. The quantitative estimate of drug-likeness (QED) is 0.712. The number of nitrogens with one attached hydrogen (secondary N) is 1. The lowest BCUT2D eigenvalue weighted by Crippen LogP contribution is -2.05. The number of para-hydroxylation sites is 1. The highest BCUT2D eigenvalue weighted by Gasteiger charge is 2.10. The van der Waals surface area contributed by atoms with E-state index in [9.17, 15) is 0 Å². The zero-order valence-corrected chi connectivity index (χ0v) is 12.8. The normalized spacial score (nSPS) is 12.4. The van der Waals surface area contributed by atoms with Crippen molar-refractivity contribution in [2.45, 2.75) is 24.8 Å². The molecule has 1 aromatic heterocycles. The standard InChI is InChI=1S/C14H16ClNS2/c1-3-17-13-7-5-4-6-11(13)16-10(2)12-8-9-14(15)18-12/h4-10,16H,3H2,1-2H3. The third kappa shape index (κ3) is 3.44. The predicted molar refractivity (Wildman–Crippen MR) is 84.2 cm³/mol. The number of halogens is 1. The summed E-state index contributed by atoms with van der Waals surface area (Å²) in [5, 5.41) is 3.56. The minimum absolute atomic E-state index is 0.279. The molecule has 4 heteroatoms. The van der Waals surface area contributed by atoms with Crippen LogP contribution in [0.1, 0.15) is 24.8 Å². The van der Waals surface area contributed by atoms with Crippen molar-refractivity contribution in [3.05, 3.63) is 45.6 Å². The minimum atomic E-state index is 0.279. The Morgan fingerprint density at radius 1 is 1.28 bits per heavy atom. The molecule has 1 atom stereocenters. The fourth-order valence-electron chi connectivity index (χ4n) is 1.73. The first-order valence-corrected chi connectivity index (χ1v) is 8.12. The van der Waals surface area contributed by atoms with Crippen LogP contribution in [0.5, 0.6) is 0 Å². The molecule has 0 spiro atoms. The van der Waals surface area contributed by atoms with Gasteiger partial charge in [-0.15, -0.1) is 23.1 Å². The fourth-order valence-corrected chi connectivity index (χ4v) is 3.56. The highest BCUT2D eigenvalue weighted by molar-refractivity contribution is 7.99. The smallest absolute Gasteiger partial charge is 0.0932 e. The number of thiophene rings is 1. The second-order valence-corrected chi connectivity index (χ2v) is 6.99. The van der Waals surface area contributed by atoms with E-state index in [1.165, 1.54) is 15.5 Å². The number of anilines is 1. The van der Waals surface area contributed by atoms with E-state index < -0.39 is 0 Å². The largest absolute Gasteiger partial charge is 0.377 e. The van der Waals surface area contributed by atoms with Crippen molar-refractivity contribution in [3.63, 3.8) is 0 Å². The SMILES string of the molecule is CCSc1ccccc1NC(C)c1ccc(Cl)s1. The molecule has 1 nitrogen and oxygen atoms in total. The maximum atomic E-state index is 5.98. The van der Waals surface area contributed by atoms with Crippen molar-refractivity contribution in [3.8, 4) is 0 Å². The zero-order valence-electron chi connectivity index (χ0n) is 10.4. The van der Waals surface area contributed by atoms with Gasteiger partial charge in [0.05, 0.1) is 10.4 Å². The van der Waals surface area contributed by atoms with Crippen molar-refractivity contribution in [2.24, 2.45) is 0 Å². The van der Waals surface area contributed by atoms with Crippen molar-refractivity contribution in [2.75, 3.05) is 11.1 Å². The molecule has 0 saturated carbocycles. The highest BCUT2D eigenvalue weighted by atomic mass is 35.5.